The lowest BCUT2D eigenvalue weighted by Gasteiger charge is -2.11. The summed E-state index contributed by atoms with van der Waals surface area (Å²) < 4.78 is 10.5. The van der Waals surface area contributed by atoms with Crippen LogP contribution in [-0.2, 0) is 6.42 Å². The number of thioether (sulfide) groups is 1. The van der Waals surface area contributed by atoms with E-state index in [1.54, 1.807) is 18.7 Å². The Labute approximate surface area is 161 Å². The number of ether oxygens (including phenoxy) is 1. The average Bonchev–Trinajstić information content (AvgIpc) is 3.31. The van der Waals surface area contributed by atoms with Gasteiger partial charge in [0.05, 0.1) is 6.54 Å². The highest BCUT2D eigenvalue weighted by Gasteiger charge is 2.25. The Hall–Kier alpha value is -2.80. The molecule has 1 atom stereocenters. The third-order valence-electron chi connectivity index (χ3n) is 4.58. The molecule has 1 aliphatic heterocycles. The fraction of sp³-hybridized carbons (Fsp3) is 0.250. The number of carbonyl (C=O) groups excluding carboxylic acids is 1. The van der Waals surface area contributed by atoms with Gasteiger partial charge in [0.15, 0.2) is 5.69 Å². The number of amides is 1. The monoisotopic (exact) mass is 381 g/mol. The number of rotatable bonds is 5. The van der Waals surface area contributed by atoms with Gasteiger partial charge in [0.25, 0.3) is 5.91 Å². The number of aromatic nitrogens is 2. The van der Waals surface area contributed by atoms with Crippen LogP contribution in [0.15, 0.2) is 52.0 Å². The molecule has 0 saturated heterocycles. The lowest BCUT2D eigenvalue weighted by molar-refractivity contribution is 0.0923. The van der Waals surface area contributed by atoms with E-state index in [0.29, 0.717) is 12.2 Å². The molecule has 0 spiro atoms. The van der Waals surface area contributed by atoms with E-state index in [1.165, 1.54) is 16.0 Å². The van der Waals surface area contributed by atoms with Crippen LogP contribution < -0.4 is 10.1 Å². The average molecular weight is 381 g/mol. The Bertz CT molecular complexity index is 969. The third-order valence-corrected chi connectivity index (χ3v) is 5.33. The van der Waals surface area contributed by atoms with Crippen molar-refractivity contribution in [1.29, 1.82) is 0 Å². The first-order valence-corrected chi connectivity index (χ1v) is 9.88. The van der Waals surface area contributed by atoms with Gasteiger partial charge in [-0.05, 0) is 59.3 Å². The molecule has 1 N–H and O–H groups in total. The largest absolute Gasteiger partial charge is 0.488 e. The highest BCUT2D eigenvalue weighted by atomic mass is 32.2. The quantitative estimate of drug-likeness (QED) is 0.682. The van der Waals surface area contributed by atoms with Gasteiger partial charge in [-0.1, -0.05) is 23.4 Å². The fourth-order valence-corrected chi connectivity index (χ4v) is 3.53. The van der Waals surface area contributed by atoms with Crippen molar-refractivity contribution in [3.63, 3.8) is 0 Å². The minimum absolute atomic E-state index is 0.0989. The molecule has 138 valence electrons. The molecule has 0 radical (unpaired) electrons. The maximum Gasteiger partial charge on any atom is 0.275 e. The van der Waals surface area contributed by atoms with Gasteiger partial charge in [0.1, 0.15) is 17.5 Å². The van der Waals surface area contributed by atoms with Crippen molar-refractivity contribution >= 4 is 17.7 Å². The Morgan fingerprint density at radius 2 is 1.96 bits per heavy atom. The summed E-state index contributed by atoms with van der Waals surface area (Å²) in [6, 6.07) is 14.8. The first-order valence-electron chi connectivity index (χ1n) is 8.65. The first-order chi connectivity index (χ1) is 13.1. The second-order valence-corrected chi connectivity index (χ2v) is 7.28. The molecular weight excluding hydrogens is 362 g/mol. The maximum atomic E-state index is 12.1. The van der Waals surface area contributed by atoms with E-state index in [0.717, 1.165) is 17.7 Å². The molecule has 1 amide bonds. The van der Waals surface area contributed by atoms with E-state index in [1.807, 2.05) is 6.07 Å². The number of hydrogen-bond donors (Lipinski definition) is 1. The minimum atomic E-state index is -0.303. The van der Waals surface area contributed by atoms with Gasteiger partial charge in [-0.2, -0.15) is 0 Å². The van der Waals surface area contributed by atoms with Crippen molar-refractivity contribution < 1.29 is 14.2 Å². The molecule has 27 heavy (non-hydrogen) atoms. The number of nitrogens with zero attached hydrogens (tertiary/aromatic N) is 2. The van der Waals surface area contributed by atoms with Crippen LogP contribution in [-0.4, -0.2) is 35.1 Å². The van der Waals surface area contributed by atoms with E-state index >= 15 is 0 Å². The van der Waals surface area contributed by atoms with Crippen LogP contribution in [0, 0.1) is 6.92 Å². The summed E-state index contributed by atoms with van der Waals surface area (Å²) in [5.74, 6) is 0.570. The standard InChI is InChI=1S/C20H19N3O3S/c1-12-19(23-26-22-12)20(24)21-11-16-10-15-9-14(5-8-18(15)25-16)13-3-6-17(27-2)7-4-13/h3-9,16H,10-11H2,1-2H3,(H,21,24)/t16-/m0/s1. The molecule has 0 aliphatic carbocycles. The highest BCUT2D eigenvalue weighted by Crippen LogP contribution is 2.33. The lowest BCUT2D eigenvalue weighted by atomic mass is 10.0. The third kappa shape index (κ3) is 3.68. The molecule has 7 heteroatoms. The van der Waals surface area contributed by atoms with Crippen LogP contribution in [0.1, 0.15) is 21.7 Å². The fourth-order valence-electron chi connectivity index (χ4n) is 3.13. The molecule has 3 aromatic rings. The second kappa shape index (κ2) is 7.44. The van der Waals surface area contributed by atoms with Crippen molar-refractivity contribution in [3.8, 4) is 16.9 Å². The Morgan fingerprint density at radius 3 is 2.67 bits per heavy atom. The Kier molecular flexibility index (Phi) is 4.85. The van der Waals surface area contributed by atoms with Crippen LogP contribution in [0.4, 0.5) is 0 Å². The molecule has 0 unspecified atom stereocenters. The van der Waals surface area contributed by atoms with Gasteiger partial charge in [0, 0.05) is 11.3 Å². The summed E-state index contributed by atoms with van der Waals surface area (Å²) in [7, 11) is 0. The van der Waals surface area contributed by atoms with Gasteiger partial charge < -0.3 is 10.1 Å². The SMILES string of the molecule is CSc1ccc(-c2ccc3c(c2)C[C@@H](CNC(=O)c2nonc2C)O3)cc1. The smallest absolute Gasteiger partial charge is 0.275 e. The number of fused-ring (bicyclic) bond motifs is 1. The molecule has 2 heterocycles. The normalized spacial score (nSPS) is 15.3. The Morgan fingerprint density at radius 1 is 1.19 bits per heavy atom. The van der Waals surface area contributed by atoms with Crippen molar-refractivity contribution in [1.82, 2.24) is 15.6 Å². The van der Waals surface area contributed by atoms with E-state index in [2.05, 4.69) is 62.9 Å². The minimum Gasteiger partial charge on any atom is -0.488 e. The Balaban J connectivity index is 1.41. The van der Waals surface area contributed by atoms with Crippen LogP contribution in [0.5, 0.6) is 5.75 Å². The van der Waals surface area contributed by atoms with E-state index < -0.39 is 0 Å². The first kappa shape index (κ1) is 17.6. The van der Waals surface area contributed by atoms with Crippen LogP contribution >= 0.6 is 11.8 Å². The van der Waals surface area contributed by atoms with Gasteiger partial charge in [0.2, 0.25) is 0 Å². The zero-order chi connectivity index (χ0) is 18.8. The van der Waals surface area contributed by atoms with Gasteiger partial charge in [-0.15, -0.1) is 11.8 Å². The van der Waals surface area contributed by atoms with Crippen molar-refractivity contribution in [2.45, 2.75) is 24.3 Å². The van der Waals surface area contributed by atoms with Crippen molar-refractivity contribution in [3.05, 3.63) is 59.4 Å². The van der Waals surface area contributed by atoms with Gasteiger partial charge >= 0.3 is 0 Å². The molecule has 0 fully saturated rings. The summed E-state index contributed by atoms with van der Waals surface area (Å²) >= 11 is 1.73. The number of hydrogen-bond acceptors (Lipinski definition) is 6. The van der Waals surface area contributed by atoms with Crippen LogP contribution in [0.3, 0.4) is 0 Å². The zero-order valence-electron chi connectivity index (χ0n) is 15.1. The maximum absolute atomic E-state index is 12.1. The predicted octanol–water partition coefficient (Wildman–Crippen LogP) is 3.50. The summed E-state index contributed by atoms with van der Waals surface area (Å²) in [5, 5.41) is 10.1. The molecular formula is C20H19N3O3S. The lowest BCUT2D eigenvalue weighted by Crippen LogP contribution is -2.34. The summed E-state index contributed by atoms with van der Waals surface area (Å²) in [6.45, 7) is 2.08. The molecule has 6 nitrogen and oxygen atoms in total. The van der Waals surface area contributed by atoms with Crippen molar-refractivity contribution in [2.75, 3.05) is 12.8 Å². The molecule has 4 rings (SSSR count). The molecule has 0 saturated carbocycles. The number of nitrogens with one attached hydrogen (secondary N) is 1. The van der Waals surface area contributed by atoms with Crippen LogP contribution in [0.25, 0.3) is 11.1 Å². The second-order valence-electron chi connectivity index (χ2n) is 6.40. The van der Waals surface area contributed by atoms with Crippen LogP contribution in [0.2, 0.25) is 0 Å². The van der Waals surface area contributed by atoms with E-state index in [4.69, 9.17) is 4.74 Å². The number of carbonyl (C=O) groups is 1. The number of aryl methyl sites for hydroxylation is 1. The summed E-state index contributed by atoms with van der Waals surface area (Å²) in [6.07, 6.45) is 2.72. The zero-order valence-corrected chi connectivity index (χ0v) is 15.9. The van der Waals surface area contributed by atoms with Gasteiger partial charge in [-0.25, -0.2) is 4.63 Å². The molecule has 1 aliphatic rings. The predicted molar refractivity (Wildman–Crippen MR) is 103 cm³/mol. The van der Waals surface area contributed by atoms with E-state index in [-0.39, 0.29) is 17.7 Å². The molecule has 1 aromatic heterocycles. The molecule has 2 aromatic carbocycles. The van der Waals surface area contributed by atoms with E-state index in [9.17, 15) is 4.79 Å². The molecule has 0 bridgehead atoms. The van der Waals surface area contributed by atoms with Gasteiger partial charge in [-0.3, -0.25) is 4.79 Å². The number of benzene rings is 2. The summed E-state index contributed by atoms with van der Waals surface area (Å²) in [5.41, 5.74) is 4.18. The topological polar surface area (TPSA) is 77.3 Å². The summed E-state index contributed by atoms with van der Waals surface area (Å²) in [4.78, 5) is 13.4. The van der Waals surface area contributed by atoms with Crippen molar-refractivity contribution in [2.24, 2.45) is 0 Å². The highest BCUT2D eigenvalue weighted by molar-refractivity contribution is 7.98.